The van der Waals surface area contributed by atoms with E-state index in [2.05, 4.69) is 21.1 Å². The highest BCUT2D eigenvalue weighted by molar-refractivity contribution is 4.97. The van der Waals surface area contributed by atoms with Crippen LogP contribution in [0.5, 0.6) is 0 Å². The summed E-state index contributed by atoms with van der Waals surface area (Å²) >= 11 is 0. The molecule has 18 heavy (non-hydrogen) atoms. The Labute approximate surface area is 110 Å². The van der Waals surface area contributed by atoms with Gasteiger partial charge in [-0.05, 0) is 31.7 Å². The molecule has 1 N–H and O–H groups in total. The number of imidazole rings is 1. The number of hydrogen-bond donors (Lipinski definition) is 1. The molecule has 1 aliphatic carbocycles. The summed E-state index contributed by atoms with van der Waals surface area (Å²) in [4.78, 5) is 4.40. The van der Waals surface area contributed by atoms with Crippen LogP contribution in [0.25, 0.3) is 0 Å². The lowest BCUT2D eigenvalue weighted by Crippen LogP contribution is -2.36. The van der Waals surface area contributed by atoms with E-state index in [4.69, 9.17) is 0 Å². The fourth-order valence-corrected chi connectivity index (χ4v) is 3.42. The largest absolute Gasteiger partial charge is 0.335 e. The zero-order chi connectivity index (χ0) is 12.2. The number of nitrogens with zero attached hydrogens (tertiary/aromatic N) is 2. The van der Waals surface area contributed by atoms with Crippen LogP contribution in [0, 0.1) is 5.92 Å². The van der Waals surface area contributed by atoms with Gasteiger partial charge < -0.3 is 9.88 Å². The van der Waals surface area contributed by atoms with Crippen LogP contribution in [0.3, 0.4) is 0 Å². The van der Waals surface area contributed by atoms with Gasteiger partial charge in [0.05, 0.1) is 0 Å². The quantitative estimate of drug-likeness (QED) is 0.832. The molecule has 3 heteroatoms. The van der Waals surface area contributed by atoms with Crippen molar-refractivity contribution in [2.45, 2.75) is 64.0 Å². The summed E-state index contributed by atoms with van der Waals surface area (Å²) < 4.78 is 2.34. The molecule has 100 valence electrons. The minimum absolute atomic E-state index is 0.789. The van der Waals surface area contributed by atoms with Crippen molar-refractivity contribution in [2.24, 2.45) is 5.92 Å². The third-order valence-electron chi connectivity index (χ3n) is 4.58. The highest BCUT2D eigenvalue weighted by Gasteiger charge is 2.20. The van der Waals surface area contributed by atoms with Crippen LogP contribution in [0.4, 0.5) is 0 Å². The van der Waals surface area contributed by atoms with Gasteiger partial charge in [0.2, 0.25) is 0 Å². The van der Waals surface area contributed by atoms with Gasteiger partial charge in [0.25, 0.3) is 0 Å². The van der Waals surface area contributed by atoms with Crippen molar-refractivity contribution in [3.8, 4) is 0 Å². The number of hydrogen-bond acceptors (Lipinski definition) is 2. The first-order valence-corrected chi connectivity index (χ1v) is 7.65. The van der Waals surface area contributed by atoms with Crippen molar-refractivity contribution < 1.29 is 0 Å². The van der Waals surface area contributed by atoms with E-state index in [1.165, 1.54) is 57.3 Å². The van der Waals surface area contributed by atoms with Crippen molar-refractivity contribution in [3.63, 3.8) is 0 Å². The predicted molar refractivity (Wildman–Crippen MR) is 73.5 cm³/mol. The molecule has 1 fully saturated rings. The molecule has 1 atom stereocenters. The van der Waals surface area contributed by atoms with Gasteiger partial charge in [0, 0.05) is 31.4 Å². The average molecular weight is 247 g/mol. The summed E-state index contributed by atoms with van der Waals surface area (Å²) in [6, 6.07) is 0.789. The molecule has 0 aromatic carbocycles. The molecule has 0 spiro atoms. The molecule has 0 radical (unpaired) electrons. The zero-order valence-electron chi connectivity index (χ0n) is 11.3. The van der Waals surface area contributed by atoms with E-state index in [1.54, 1.807) is 0 Å². The number of aryl methyl sites for hydroxylation is 1. The smallest absolute Gasteiger partial charge is 0.108 e. The Morgan fingerprint density at radius 1 is 1.17 bits per heavy atom. The maximum absolute atomic E-state index is 4.40. The Bertz CT molecular complexity index is 364. The van der Waals surface area contributed by atoms with Gasteiger partial charge in [0.1, 0.15) is 5.82 Å². The lowest BCUT2D eigenvalue weighted by atomic mass is 9.98. The molecule has 2 aliphatic rings. The maximum atomic E-state index is 4.40. The minimum Gasteiger partial charge on any atom is -0.335 e. The molecule has 0 bridgehead atoms. The van der Waals surface area contributed by atoms with Crippen LogP contribution < -0.4 is 5.32 Å². The fourth-order valence-electron chi connectivity index (χ4n) is 3.42. The zero-order valence-corrected chi connectivity index (χ0v) is 11.3. The molecule has 3 rings (SSSR count). The molecule has 1 unspecified atom stereocenters. The highest BCUT2D eigenvalue weighted by Crippen LogP contribution is 2.20. The summed E-state index contributed by atoms with van der Waals surface area (Å²) in [5.41, 5.74) is 0. The first-order chi connectivity index (χ1) is 8.92. The molecule has 1 aromatic heterocycles. The second kappa shape index (κ2) is 5.87. The van der Waals surface area contributed by atoms with Gasteiger partial charge in [-0.15, -0.1) is 0 Å². The van der Waals surface area contributed by atoms with Crippen molar-refractivity contribution >= 4 is 0 Å². The Kier molecular flexibility index (Phi) is 3.99. The first-order valence-electron chi connectivity index (χ1n) is 7.65. The van der Waals surface area contributed by atoms with E-state index in [-0.39, 0.29) is 0 Å². The van der Waals surface area contributed by atoms with E-state index >= 15 is 0 Å². The van der Waals surface area contributed by atoms with Gasteiger partial charge in [-0.25, -0.2) is 4.98 Å². The van der Waals surface area contributed by atoms with Crippen molar-refractivity contribution in [1.82, 2.24) is 14.9 Å². The molecule has 1 aliphatic heterocycles. The van der Waals surface area contributed by atoms with Crippen molar-refractivity contribution in [1.29, 1.82) is 0 Å². The van der Waals surface area contributed by atoms with Gasteiger partial charge in [-0.1, -0.05) is 25.7 Å². The molecule has 0 amide bonds. The highest BCUT2D eigenvalue weighted by atomic mass is 15.1. The van der Waals surface area contributed by atoms with Gasteiger partial charge >= 0.3 is 0 Å². The third kappa shape index (κ3) is 2.94. The fraction of sp³-hybridized carbons (Fsp3) is 0.800. The SMILES string of the molecule is c1cn2c(n1)CCC(CNC1CCCCCC1)C2. The van der Waals surface area contributed by atoms with Gasteiger partial charge in [-0.2, -0.15) is 0 Å². The monoisotopic (exact) mass is 247 g/mol. The first kappa shape index (κ1) is 12.2. The molecular weight excluding hydrogens is 222 g/mol. The Balaban J connectivity index is 1.46. The number of nitrogens with one attached hydrogen (secondary N) is 1. The van der Waals surface area contributed by atoms with E-state index in [9.17, 15) is 0 Å². The summed E-state index contributed by atoms with van der Waals surface area (Å²) in [5, 5.41) is 3.82. The van der Waals surface area contributed by atoms with E-state index in [1.807, 2.05) is 6.20 Å². The summed E-state index contributed by atoms with van der Waals surface area (Å²) in [5.74, 6) is 2.08. The average Bonchev–Trinajstić information content (AvgIpc) is 2.70. The molecule has 1 saturated carbocycles. The number of rotatable bonds is 3. The third-order valence-corrected chi connectivity index (χ3v) is 4.58. The van der Waals surface area contributed by atoms with E-state index in [0.717, 1.165) is 24.9 Å². The standard InChI is InChI=1S/C15H25N3/c1-2-4-6-14(5-3-1)17-11-13-7-8-15-16-9-10-18(15)12-13/h9-10,13-14,17H,1-8,11-12H2. The van der Waals surface area contributed by atoms with Crippen LogP contribution in [0.15, 0.2) is 12.4 Å². The summed E-state index contributed by atoms with van der Waals surface area (Å²) in [6.07, 6.45) is 15.1. The van der Waals surface area contributed by atoms with E-state index in [0.29, 0.717) is 0 Å². The summed E-state index contributed by atoms with van der Waals surface area (Å²) in [7, 11) is 0. The minimum atomic E-state index is 0.789. The number of aromatic nitrogens is 2. The summed E-state index contributed by atoms with van der Waals surface area (Å²) in [6.45, 7) is 2.36. The maximum Gasteiger partial charge on any atom is 0.108 e. The van der Waals surface area contributed by atoms with Crippen molar-refractivity contribution in [3.05, 3.63) is 18.2 Å². The topological polar surface area (TPSA) is 29.9 Å². The molecule has 1 aromatic rings. The Morgan fingerprint density at radius 3 is 2.83 bits per heavy atom. The van der Waals surface area contributed by atoms with Crippen LogP contribution in [0.1, 0.15) is 50.8 Å². The van der Waals surface area contributed by atoms with Gasteiger partial charge in [0.15, 0.2) is 0 Å². The van der Waals surface area contributed by atoms with E-state index < -0.39 is 0 Å². The molecule has 3 nitrogen and oxygen atoms in total. The Morgan fingerprint density at radius 2 is 2.00 bits per heavy atom. The number of fused-ring (bicyclic) bond motifs is 1. The van der Waals surface area contributed by atoms with Crippen LogP contribution >= 0.6 is 0 Å². The van der Waals surface area contributed by atoms with Gasteiger partial charge in [-0.3, -0.25) is 0 Å². The van der Waals surface area contributed by atoms with Crippen LogP contribution in [-0.2, 0) is 13.0 Å². The lowest BCUT2D eigenvalue weighted by Gasteiger charge is -2.26. The Hall–Kier alpha value is -0.830. The van der Waals surface area contributed by atoms with Crippen molar-refractivity contribution in [2.75, 3.05) is 6.54 Å². The second-order valence-electron chi connectivity index (χ2n) is 6.00. The second-order valence-corrected chi connectivity index (χ2v) is 6.00. The lowest BCUT2D eigenvalue weighted by molar-refractivity contribution is 0.322. The van der Waals surface area contributed by atoms with Crippen LogP contribution in [-0.4, -0.2) is 22.1 Å². The molecular formula is C15H25N3. The van der Waals surface area contributed by atoms with Crippen LogP contribution in [0.2, 0.25) is 0 Å². The predicted octanol–water partition coefficient (Wildman–Crippen LogP) is 2.76. The normalized spacial score (nSPS) is 25.7. The molecule has 2 heterocycles. The molecule has 0 saturated heterocycles.